The van der Waals surface area contributed by atoms with E-state index in [4.69, 9.17) is 9.47 Å². The second-order valence-corrected chi connectivity index (χ2v) is 7.50. The van der Waals surface area contributed by atoms with Gasteiger partial charge in [-0.1, -0.05) is 35.6 Å². The number of aliphatic hydroxyl groups excluding tert-OH is 2. The number of ether oxygens (including phenoxy) is 2. The molecule has 29 heavy (non-hydrogen) atoms. The highest BCUT2D eigenvalue weighted by Gasteiger charge is 2.36. The molecule has 150 valence electrons. The number of hydrogen-bond donors (Lipinski definition) is 3. The minimum Gasteiger partial charge on any atom is -0.457 e. The van der Waals surface area contributed by atoms with E-state index in [0.717, 1.165) is 0 Å². The van der Waals surface area contributed by atoms with Gasteiger partial charge in [0.1, 0.15) is 28.7 Å². The van der Waals surface area contributed by atoms with E-state index < -0.39 is 18.3 Å². The summed E-state index contributed by atoms with van der Waals surface area (Å²) in [5.74, 6) is 0.885. The van der Waals surface area contributed by atoms with Gasteiger partial charge in [0.05, 0.1) is 12.7 Å². The fourth-order valence-electron chi connectivity index (χ4n) is 2.96. The Morgan fingerprint density at radius 1 is 1.17 bits per heavy atom. The molecule has 1 amide bonds. The topological polar surface area (TPSA) is 114 Å². The number of para-hydroxylation sites is 1. The van der Waals surface area contributed by atoms with Crippen molar-refractivity contribution in [1.29, 1.82) is 0 Å². The largest absolute Gasteiger partial charge is 0.457 e. The number of nitrogens with zero attached hydrogens (tertiary/aromatic N) is 2. The van der Waals surface area contributed by atoms with Gasteiger partial charge in [0, 0.05) is 12.0 Å². The molecule has 8 nitrogen and oxygen atoms in total. The van der Waals surface area contributed by atoms with Crippen molar-refractivity contribution in [1.82, 2.24) is 10.2 Å². The quantitative estimate of drug-likeness (QED) is 0.569. The highest BCUT2D eigenvalue weighted by Crippen LogP contribution is 2.35. The fourth-order valence-corrected chi connectivity index (χ4v) is 3.75. The van der Waals surface area contributed by atoms with E-state index >= 15 is 0 Å². The van der Waals surface area contributed by atoms with Crippen LogP contribution in [0.25, 0.3) is 0 Å². The summed E-state index contributed by atoms with van der Waals surface area (Å²) in [5, 5.41) is 30.6. The molecule has 3 N–H and O–H groups in total. The zero-order chi connectivity index (χ0) is 20.2. The SMILES string of the molecule is O=C(Nc1nnc([C@@H]2C[C@H](O)[C@@H](CO)O2)s1)c1cccc(Oc2ccccc2)c1. The number of nitrogens with one attached hydrogen (secondary N) is 1. The Labute approximate surface area is 170 Å². The second kappa shape index (κ2) is 8.66. The summed E-state index contributed by atoms with van der Waals surface area (Å²) in [5.41, 5.74) is 0.420. The predicted octanol–water partition coefficient (Wildman–Crippen LogP) is 2.77. The maximum Gasteiger partial charge on any atom is 0.257 e. The molecule has 2 aromatic carbocycles. The molecular weight excluding hydrogens is 394 g/mol. The maximum absolute atomic E-state index is 12.6. The number of benzene rings is 2. The van der Waals surface area contributed by atoms with E-state index in [0.29, 0.717) is 33.6 Å². The van der Waals surface area contributed by atoms with Crippen LogP contribution in [0.2, 0.25) is 0 Å². The van der Waals surface area contributed by atoms with E-state index in [2.05, 4.69) is 15.5 Å². The first-order valence-electron chi connectivity index (χ1n) is 9.04. The molecule has 1 fully saturated rings. The smallest absolute Gasteiger partial charge is 0.257 e. The Morgan fingerprint density at radius 3 is 2.72 bits per heavy atom. The molecule has 3 atom stereocenters. The van der Waals surface area contributed by atoms with Crippen LogP contribution in [0.1, 0.15) is 27.9 Å². The summed E-state index contributed by atoms with van der Waals surface area (Å²) in [6.45, 7) is -0.262. The van der Waals surface area contributed by atoms with Crippen molar-refractivity contribution in [3.05, 3.63) is 65.2 Å². The van der Waals surface area contributed by atoms with Gasteiger partial charge in [-0.15, -0.1) is 10.2 Å². The Kier molecular flexibility index (Phi) is 5.81. The molecule has 0 aliphatic carbocycles. The lowest BCUT2D eigenvalue weighted by atomic mass is 10.1. The summed E-state index contributed by atoms with van der Waals surface area (Å²) in [4.78, 5) is 12.6. The molecule has 0 unspecified atom stereocenters. The standard InChI is InChI=1S/C20H19N3O5S/c24-11-17-15(25)10-16(28-17)19-22-23-20(29-19)21-18(26)12-5-4-8-14(9-12)27-13-6-2-1-3-7-13/h1-9,15-17,24-25H,10-11H2,(H,21,23,26)/t15-,16-,17+/m0/s1. The summed E-state index contributed by atoms with van der Waals surface area (Å²) in [7, 11) is 0. The Bertz CT molecular complexity index is 981. The van der Waals surface area contributed by atoms with Crippen LogP contribution in [0.5, 0.6) is 11.5 Å². The summed E-state index contributed by atoms with van der Waals surface area (Å²) >= 11 is 1.17. The average Bonchev–Trinajstić information content (AvgIpc) is 3.35. The van der Waals surface area contributed by atoms with E-state index in [1.807, 2.05) is 30.3 Å². The van der Waals surface area contributed by atoms with Gasteiger partial charge in [-0.25, -0.2) is 0 Å². The van der Waals surface area contributed by atoms with Crippen LogP contribution >= 0.6 is 11.3 Å². The number of anilines is 1. The lowest BCUT2D eigenvalue weighted by molar-refractivity contribution is -0.0227. The number of carbonyl (C=O) groups is 1. The first kappa shape index (κ1) is 19.5. The minimum atomic E-state index is -0.751. The summed E-state index contributed by atoms with van der Waals surface area (Å²) < 4.78 is 11.3. The van der Waals surface area contributed by atoms with Crippen molar-refractivity contribution >= 4 is 22.4 Å². The van der Waals surface area contributed by atoms with Crippen molar-refractivity contribution in [2.45, 2.75) is 24.7 Å². The molecule has 1 aliphatic heterocycles. The second-order valence-electron chi connectivity index (χ2n) is 6.49. The van der Waals surface area contributed by atoms with Gasteiger partial charge in [-0.3, -0.25) is 10.1 Å². The van der Waals surface area contributed by atoms with Crippen LogP contribution < -0.4 is 10.1 Å². The van der Waals surface area contributed by atoms with Crippen LogP contribution in [0.4, 0.5) is 5.13 Å². The Hall–Kier alpha value is -2.85. The minimum absolute atomic E-state index is 0.262. The Balaban J connectivity index is 1.41. The van der Waals surface area contributed by atoms with Crippen molar-refractivity contribution in [3.8, 4) is 11.5 Å². The molecule has 0 bridgehead atoms. The average molecular weight is 413 g/mol. The first-order valence-corrected chi connectivity index (χ1v) is 9.86. The van der Waals surface area contributed by atoms with Crippen LogP contribution in [0.15, 0.2) is 54.6 Å². The molecule has 0 saturated carbocycles. The van der Waals surface area contributed by atoms with Gasteiger partial charge >= 0.3 is 0 Å². The highest BCUT2D eigenvalue weighted by molar-refractivity contribution is 7.15. The zero-order valence-electron chi connectivity index (χ0n) is 15.3. The molecule has 1 aliphatic rings. The van der Waals surface area contributed by atoms with Gasteiger partial charge in [0.2, 0.25) is 5.13 Å². The van der Waals surface area contributed by atoms with Gasteiger partial charge < -0.3 is 19.7 Å². The number of aliphatic hydroxyl groups is 2. The molecule has 9 heteroatoms. The van der Waals surface area contributed by atoms with Gasteiger partial charge in [-0.2, -0.15) is 0 Å². The number of carbonyl (C=O) groups excluding carboxylic acids is 1. The van der Waals surface area contributed by atoms with E-state index in [1.165, 1.54) is 11.3 Å². The summed E-state index contributed by atoms with van der Waals surface area (Å²) in [6, 6.07) is 16.1. The molecule has 1 aromatic heterocycles. The number of amides is 1. The van der Waals surface area contributed by atoms with Crippen LogP contribution in [-0.2, 0) is 4.74 Å². The van der Waals surface area contributed by atoms with Crippen LogP contribution in [-0.4, -0.2) is 45.1 Å². The fraction of sp³-hybridized carbons (Fsp3) is 0.250. The Morgan fingerprint density at radius 2 is 1.97 bits per heavy atom. The van der Waals surface area contributed by atoms with E-state index in [1.54, 1.807) is 24.3 Å². The number of aromatic nitrogens is 2. The van der Waals surface area contributed by atoms with Gasteiger partial charge in [0.15, 0.2) is 0 Å². The summed E-state index contributed by atoms with van der Waals surface area (Å²) in [6.07, 6.45) is -1.51. The predicted molar refractivity (Wildman–Crippen MR) is 106 cm³/mol. The van der Waals surface area contributed by atoms with Crippen LogP contribution in [0.3, 0.4) is 0 Å². The van der Waals surface area contributed by atoms with Crippen molar-refractivity contribution in [2.24, 2.45) is 0 Å². The van der Waals surface area contributed by atoms with Gasteiger partial charge in [0.25, 0.3) is 5.91 Å². The number of hydrogen-bond acceptors (Lipinski definition) is 8. The van der Waals surface area contributed by atoms with Gasteiger partial charge in [-0.05, 0) is 30.3 Å². The first-order chi connectivity index (χ1) is 14.1. The lowest BCUT2D eigenvalue weighted by Crippen LogP contribution is -2.24. The highest BCUT2D eigenvalue weighted by atomic mass is 32.1. The van der Waals surface area contributed by atoms with Crippen molar-refractivity contribution in [2.75, 3.05) is 11.9 Å². The molecule has 2 heterocycles. The van der Waals surface area contributed by atoms with Crippen LogP contribution in [0, 0.1) is 0 Å². The monoisotopic (exact) mass is 413 g/mol. The molecule has 0 radical (unpaired) electrons. The number of rotatable bonds is 6. The lowest BCUT2D eigenvalue weighted by Gasteiger charge is -2.09. The molecular formula is C20H19N3O5S. The maximum atomic E-state index is 12.6. The third-order valence-electron chi connectivity index (χ3n) is 4.42. The molecule has 1 saturated heterocycles. The zero-order valence-corrected chi connectivity index (χ0v) is 16.1. The molecule has 0 spiro atoms. The van der Waals surface area contributed by atoms with E-state index in [-0.39, 0.29) is 12.5 Å². The molecule has 4 rings (SSSR count). The third kappa shape index (κ3) is 4.60. The van der Waals surface area contributed by atoms with E-state index in [9.17, 15) is 15.0 Å². The van der Waals surface area contributed by atoms with Crippen molar-refractivity contribution < 1.29 is 24.5 Å². The normalized spacial score (nSPS) is 21.1. The third-order valence-corrected chi connectivity index (χ3v) is 5.35. The molecule has 3 aromatic rings. The van der Waals surface area contributed by atoms with Crippen molar-refractivity contribution in [3.63, 3.8) is 0 Å².